The summed E-state index contributed by atoms with van der Waals surface area (Å²) in [4.78, 5) is 23.6. The molecule has 1 unspecified atom stereocenters. The first-order valence-corrected chi connectivity index (χ1v) is 7.59. The molecule has 0 radical (unpaired) electrons. The van der Waals surface area contributed by atoms with Gasteiger partial charge < -0.3 is 16.0 Å². The minimum atomic E-state index is -0.319. The van der Waals surface area contributed by atoms with E-state index in [4.69, 9.17) is 0 Å². The largest absolute Gasteiger partial charge is 0.350 e. The number of amides is 3. The minimum absolute atomic E-state index is 0.0538. The molecule has 0 spiro atoms. The van der Waals surface area contributed by atoms with Crippen LogP contribution in [0.1, 0.15) is 24.9 Å². The molecule has 0 heterocycles. The van der Waals surface area contributed by atoms with E-state index in [-0.39, 0.29) is 30.9 Å². The standard InChI is InChI=1S/C18H21N3O2/c1-14(15-8-4-2-5-9-15)20-17(22)12-13-19-18(23)21-16-10-6-3-7-11-16/h2-11,14H,12-13H2,1H3,(H,20,22)(H2,19,21,23). The van der Waals surface area contributed by atoms with Gasteiger partial charge in [-0.1, -0.05) is 48.5 Å². The molecular weight excluding hydrogens is 290 g/mol. The van der Waals surface area contributed by atoms with Gasteiger partial charge in [0.1, 0.15) is 0 Å². The summed E-state index contributed by atoms with van der Waals surface area (Å²) in [5.74, 6) is -0.0960. The van der Waals surface area contributed by atoms with Crippen LogP contribution in [0.15, 0.2) is 60.7 Å². The molecule has 0 fully saturated rings. The number of hydrogen-bond donors (Lipinski definition) is 3. The SMILES string of the molecule is CC(NC(=O)CCNC(=O)Nc1ccccc1)c1ccccc1. The maximum Gasteiger partial charge on any atom is 0.319 e. The summed E-state index contributed by atoms with van der Waals surface area (Å²) >= 11 is 0. The fourth-order valence-electron chi connectivity index (χ4n) is 2.13. The van der Waals surface area contributed by atoms with Crippen molar-refractivity contribution in [2.24, 2.45) is 0 Å². The molecule has 0 aliphatic rings. The van der Waals surface area contributed by atoms with Crippen molar-refractivity contribution in [3.63, 3.8) is 0 Å². The van der Waals surface area contributed by atoms with Gasteiger partial charge >= 0.3 is 6.03 Å². The molecule has 120 valence electrons. The van der Waals surface area contributed by atoms with Gasteiger partial charge in [-0.15, -0.1) is 0 Å². The van der Waals surface area contributed by atoms with Crippen LogP contribution < -0.4 is 16.0 Å². The highest BCUT2D eigenvalue weighted by Crippen LogP contribution is 2.10. The van der Waals surface area contributed by atoms with E-state index in [1.54, 1.807) is 12.1 Å². The van der Waals surface area contributed by atoms with Crippen LogP contribution in [-0.2, 0) is 4.79 Å². The second kappa shape index (κ2) is 8.58. The highest BCUT2D eigenvalue weighted by Gasteiger charge is 2.09. The number of carbonyl (C=O) groups excluding carboxylic acids is 2. The van der Waals surface area contributed by atoms with Gasteiger partial charge in [-0.2, -0.15) is 0 Å². The van der Waals surface area contributed by atoms with Gasteiger partial charge in [-0.05, 0) is 24.6 Å². The normalized spacial score (nSPS) is 11.3. The summed E-state index contributed by atoms with van der Waals surface area (Å²) in [7, 11) is 0. The number of hydrogen-bond acceptors (Lipinski definition) is 2. The van der Waals surface area contributed by atoms with Crippen LogP contribution >= 0.6 is 0 Å². The Bertz CT molecular complexity index is 629. The van der Waals surface area contributed by atoms with E-state index in [9.17, 15) is 9.59 Å². The van der Waals surface area contributed by atoms with E-state index in [1.807, 2.05) is 55.5 Å². The van der Waals surface area contributed by atoms with E-state index in [1.165, 1.54) is 0 Å². The first-order chi connectivity index (χ1) is 11.1. The number of anilines is 1. The van der Waals surface area contributed by atoms with Crippen molar-refractivity contribution in [3.05, 3.63) is 66.2 Å². The van der Waals surface area contributed by atoms with Crippen molar-refractivity contribution in [2.45, 2.75) is 19.4 Å². The average molecular weight is 311 g/mol. The van der Waals surface area contributed by atoms with Crippen molar-refractivity contribution in [3.8, 4) is 0 Å². The van der Waals surface area contributed by atoms with Crippen LogP contribution in [0, 0.1) is 0 Å². The van der Waals surface area contributed by atoms with Crippen molar-refractivity contribution < 1.29 is 9.59 Å². The Hall–Kier alpha value is -2.82. The fourth-order valence-corrected chi connectivity index (χ4v) is 2.13. The second-order valence-electron chi connectivity index (χ2n) is 5.20. The van der Waals surface area contributed by atoms with Gasteiger partial charge in [-0.3, -0.25) is 4.79 Å². The van der Waals surface area contributed by atoms with Crippen LogP contribution in [0.3, 0.4) is 0 Å². The lowest BCUT2D eigenvalue weighted by molar-refractivity contribution is -0.121. The highest BCUT2D eigenvalue weighted by atomic mass is 16.2. The molecule has 2 aromatic rings. The third kappa shape index (κ3) is 5.82. The molecule has 0 aliphatic carbocycles. The molecule has 0 aliphatic heterocycles. The molecule has 0 aromatic heterocycles. The van der Waals surface area contributed by atoms with Crippen molar-refractivity contribution in [2.75, 3.05) is 11.9 Å². The summed E-state index contributed by atoms with van der Waals surface area (Å²) < 4.78 is 0. The lowest BCUT2D eigenvalue weighted by Crippen LogP contribution is -2.34. The molecule has 0 saturated heterocycles. The summed E-state index contributed by atoms with van der Waals surface area (Å²) in [5.41, 5.74) is 1.77. The van der Waals surface area contributed by atoms with E-state index in [0.717, 1.165) is 5.56 Å². The Morgan fingerprint density at radius 3 is 2.22 bits per heavy atom. The fraction of sp³-hybridized carbons (Fsp3) is 0.222. The maximum atomic E-state index is 11.9. The van der Waals surface area contributed by atoms with Gasteiger partial charge in [0, 0.05) is 18.7 Å². The maximum absolute atomic E-state index is 11.9. The number of para-hydroxylation sites is 1. The van der Waals surface area contributed by atoms with Crippen LogP contribution in [0.4, 0.5) is 10.5 Å². The van der Waals surface area contributed by atoms with Gasteiger partial charge in [0.2, 0.25) is 5.91 Å². The number of carbonyl (C=O) groups is 2. The van der Waals surface area contributed by atoms with Crippen molar-refractivity contribution in [1.29, 1.82) is 0 Å². The van der Waals surface area contributed by atoms with Gasteiger partial charge in [0.15, 0.2) is 0 Å². The zero-order valence-corrected chi connectivity index (χ0v) is 13.1. The van der Waals surface area contributed by atoms with Crippen LogP contribution in [-0.4, -0.2) is 18.5 Å². The number of nitrogens with one attached hydrogen (secondary N) is 3. The summed E-state index contributed by atoms with van der Waals surface area (Å²) in [6.45, 7) is 2.22. The number of benzene rings is 2. The summed E-state index contributed by atoms with van der Waals surface area (Å²) in [5, 5.41) is 8.27. The van der Waals surface area contributed by atoms with Gasteiger partial charge in [0.05, 0.1) is 6.04 Å². The molecule has 0 saturated carbocycles. The topological polar surface area (TPSA) is 70.2 Å². The average Bonchev–Trinajstić information content (AvgIpc) is 2.56. The second-order valence-corrected chi connectivity index (χ2v) is 5.20. The van der Waals surface area contributed by atoms with Crippen molar-refractivity contribution >= 4 is 17.6 Å². The zero-order valence-electron chi connectivity index (χ0n) is 13.1. The number of urea groups is 1. The van der Waals surface area contributed by atoms with Crippen LogP contribution in [0.2, 0.25) is 0 Å². The van der Waals surface area contributed by atoms with Crippen LogP contribution in [0.5, 0.6) is 0 Å². The van der Waals surface area contributed by atoms with E-state index >= 15 is 0 Å². The lowest BCUT2D eigenvalue weighted by atomic mass is 10.1. The monoisotopic (exact) mass is 311 g/mol. The quantitative estimate of drug-likeness (QED) is 0.767. The van der Waals surface area contributed by atoms with Gasteiger partial charge in [0.25, 0.3) is 0 Å². The first kappa shape index (κ1) is 16.5. The third-order valence-corrected chi connectivity index (χ3v) is 3.35. The number of rotatable bonds is 6. The summed E-state index contributed by atoms with van der Waals surface area (Å²) in [6, 6.07) is 18.5. The van der Waals surface area contributed by atoms with Crippen LogP contribution in [0.25, 0.3) is 0 Å². The van der Waals surface area contributed by atoms with E-state index in [0.29, 0.717) is 5.69 Å². The molecule has 3 amide bonds. The predicted octanol–water partition coefficient (Wildman–Crippen LogP) is 3.08. The van der Waals surface area contributed by atoms with Gasteiger partial charge in [-0.25, -0.2) is 4.79 Å². The highest BCUT2D eigenvalue weighted by molar-refractivity contribution is 5.89. The molecule has 5 nitrogen and oxygen atoms in total. The molecule has 3 N–H and O–H groups in total. The Morgan fingerprint density at radius 2 is 1.57 bits per heavy atom. The van der Waals surface area contributed by atoms with E-state index in [2.05, 4.69) is 16.0 Å². The smallest absolute Gasteiger partial charge is 0.319 e. The third-order valence-electron chi connectivity index (χ3n) is 3.35. The molecule has 0 bridgehead atoms. The Balaban J connectivity index is 1.67. The van der Waals surface area contributed by atoms with Crippen molar-refractivity contribution in [1.82, 2.24) is 10.6 Å². The zero-order chi connectivity index (χ0) is 16.5. The molecule has 2 rings (SSSR count). The molecule has 2 aromatic carbocycles. The molecule has 1 atom stereocenters. The van der Waals surface area contributed by atoms with E-state index < -0.39 is 0 Å². The Morgan fingerprint density at radius 1 is 0.957 bits per heavy atom. The molecular formula is C18H21N3O2. The molecule has 5 heteroatoms. The first-order valence-electron chi connectivity index (χ1n) is 7.59. The Labute approximate surface area is 136 Å². The summed E-state index contributed by atoms with van der Waals surface area (Å²) in [6.07, 6.45) is 0.235. The molecule has 23 heavy (non-hydrogen) atoms. The predicted molar refractivity (Wildman–Crippen MR) is 91.1 cm³/mol. The lowest BCUT2D eigenvalue weighted by Gasteiger charge is -2.14. The Kier molecular flexibility index (Phi) is 6.17. The minimum Gasteiger partial charge on any atom is -0.350 e.